The topological polar surface area (TPSA) is 122 Å². The number of aromatic nitrogens is 1. The minimum atomic E-state index is -1.07. The van der Waals surface area contributed by atoms with Crippen LogP contribution in [0.25, 0.3) is 0 Å². The molecule has 2 aromatic rings. The van der Waals surface area contributed by atoms with E-state index < -0.39 is 35.8 Å². The summed E-state index contributed by atoms with van der Waals surface area (Å²) in [6.07, 6.45) is 0.625. The van der Waals surface area contributed by atoms with Gasteiger partial charge in [-0.2, -0.15) is 0 Å². The van der Waals surface area contributed by atoms with Crippen molar-refractivity contribution in [3.8, 4) is 17.2 Å². The summed E-state index contributed by atoms with van der Waals surface area (Å²) in [6, 6.07) is 4.98. The highest BCUT2D eigenvalue weighted by atomic mass is 19.1. The van der Waals surface area contributed by atoms with Gasteiger partial charge in [-0.3, -0.25) is 9.59 Å². The molecule has 0 bridgehead atoms. The number of nitrogens with one attached hydrogen (secondary N) is 1. The van der Waals surface area contributed by atoms with Crippen molar-refractivity contribution in [2.75, 3.05) is 27.9 Å². The Bertz CT molecular complexity index is 1120. The van der Waals surface area contributed by atoms with Crippen molar-refractivity contribution < 1.29 is 42.5 Å². The van der Waals surface area contributed by atoms with E-state index in [-0.39, 0.29) is 47.8 Å². The lowest BCUT2D eigenvalue weighted by Gasteiger charge is -2.29. The molecule has 0 unspecified atom stereocenters. The SMILES string of the molecule is COCCC(=O)Oc1c(OC)ccnc1C(=O)N[C@@H](C)C(=O)O[C@@H](C)[C@H](c1ccc(OC)c(F)c1)C(C)C. The Morgan fingerprint density at radius 3 is 2.26 bits per heavy atom. The molecular formula is C27H35FN2O8. The predicted octanol–water partition coefficient (Wildman–Crippen LogP) is 3.67. The molecule has 0 aliphatic carbocycles. The van der Waals surface area contributed by atoms with E-state index in [0.717, 1.165) is 0 Å². The Balaban J connectivity index is 2.15. The Morgan fingerprint density at radius 2 is 1.68 bits per heavy atom. The van der Waals surface area contributed by atoms with Crippen molar-refractivity contribution in [1.29, 1.82) is 0 Å². The molecular weight excluding hydrogens is 499 g/mol. The summed E-state index contributed by atoms with van der Waals surface area (Å²) < 4.78 is 40.3. The van der Waals surface area contributed by atoms with Crippen LogP contribution in [0.15, 0.2) is 30.5 Å². The highest BCUT2D eigenvalue weighted by Gasteiger charge is 2.30. The molecule has 0 saturated heterocycles. The van der Waals surface area contributed by atoms with Gasteiger partial charge in [0, 0.05) is 25.3 Å². The summed E-state index contributed by atoms with van der Waals surface area (Å²) in [5, 5.41) is 2.52. The molecule has 1 aromatic carbocycles. The minimum Gasteiger partial charge on any atom is -0.494 e. The summed E-state index contributed by atoms with van der Waals surface area (Å²) in [5.41, 5.74) is 0.410. The van der Waals surface area contributed by atoms with Crippen LogP contribution in [0.1, 0.15) is 56.1 Å². The van der Waals surface area contributed by atoms with Gasteiger partial charge < -0.3 is 29.0 Å². The number of halogens is 1. The van der Waals surface area contributed by atoms with Gasteiger partial charge in [-0.15, -0.1) is 0 Å². The van der Waals surface area contributed by atoms with Crippen molar-refractivity contribution in [3.63, 3.8) is 0 Å². The van der Waals surface area contributed by atoms with Crippen LogP contribution in [0.3, 0.4) is 0 Å². The van der Waals surface area contributed by atoms with E-state index in [1.54, 1.807) is 13.0 Å². The third kappa shape index (κ3) is 7.88. The number of amides is 1. The number of methoxy groups -OCH3 is 3. The van der Waals surface area contributed by atoms with E-state index in [4.69, 9.17) is 23.7 Å². The fourth-order valence-corrected chi connectivity index (χ4v) is 3.97. The third-order valence-electron chi connectivity index (χ3n) is 5.82. The lowest BCUT2D eigenvalue weighted by atomic mass is 9.84. The Hall–Kier alpha value is -3.73. The van der Waals surface area contributed by atoms with Crippen LogP contribution in [0.2, 0.25) is 0 Å². The first-order chi connectivity index (χ1) is 18.0. The van der Waals surface area contributed by atoms with Gasteiger partial charge in [0.05, 0.1) is 27.2 Å². The Kier molecular flexibility index (Phi) is 11.5. The van der Waals surface area contributed by atoms with Crippen molar-refractivity contribution in [2.24, 2.45) is 5.92 Å². The largest absolute Gasteiger partial charge is 0.494 e. The molecule has 1 amide bonds. The Morgan fingerprint density at radius 1 is 1.00 bits per heavy atom. The van der Waals surface area contributed by atoms with Crippen molar-refractivity contribution >= 4 is 17.8 Å². The first-order valence-electron chi connectivity index (χ1n) is 12.1. The second kappa shape index (κ2) is 14.3. The summed E-state index contributed by atoms with van der Waals surface area (Å²) in [4.78, 5) is 42.0. The lowest BCUT2D eigenvalue weighted by Crippen LogP contribution is -2.42. The maximum Gasteiger partial charge on any atom is 0.328 e. The van der Waals surface area contributed by atoms with Crippen LogP contribution >= 0.6 is 0 Å². The summed E-state index contributed by atoms with van der Waals surface area (Å²) in [5.74, 6) is -2.89. The van der Waals surface area contributed by atoms with Crippen LogP contribution < -0.4 is 19.5 Å². The summed E-state index contributed by atoms with van der Waals surface area (Å²) in [6.45, 7) is 7.16. The molecule has 2 rings (SSSR count). The third-order valence-corrected chi connectivity index (χ3v) is 5.82. The molecule has 38 heavy (non-hydrogen) atoms. The minimum absolute atomic E-state index is 0.00632. The number of ether oxygens (including phenoxy) is 5. The van der Waals surface area contributed by atoms with Gasteiger partial charge in [0.2, 0.25) is 5.75 Å². The van der Waals surface area contributed by atoms with Crippen LogP contribution in [0.5, 0.6) is 17.2 Å². The number of carbonyl (C=O) groups is 3. The molecule has 3 atom stereocenters. The molecule has 1 aromatic heterocycles. The van der Waals surface area contributed by atoms with Crippen LogP contribution in [-0.4, -0.2) is 62.9 Å². The highest BCUT2D eigenvalue weighted by molar-refractivity contribution is 5.98. The smallest absolute Gasteiger partial charge is 0.328 e. The zero-order valence-corrected chi connectivity index (χ0v) is 22.7. The standard InChI is InChI=1S/C27H35FN2O8/c1-15(2)23(18-8-9-20(35-6)19(28)14-18)17(4)37-27(33)16(3)30-26(32)24-25(21(36-7)10-12-29-24)38-22(31)11-13-34-5/h8-10,12,14-17,23H,11,13H2,1-7H3,(H,30,32)/t16-,17-,23+/m0/s1. The molecule has 0 saturated carbocycles. The average Bonchev–Trinajstić information content (AvgIpc) is 2.87. The zero-order chi connectivity index (χ0) is 28.4. The van der Waals surface area contributed by atoms with Gasteiger partial charge in [-0.25, -0.2) is 14.2 Å². The van der Waals surface area contributed by atoms with Gasteiger partial charge in [-0.1, -0.05) is 19.9 Å². The van der Waals surface area contributed by atoms with Gasteiger partial charge >= 0.3 is 11.9 Å². The van der Waals surface area contributed by atoms with Crippen molar-refractivity contribution in [1.82, 2.24) is 10.3 Å². The second-order valence-corrected chi connectivity index (χ2v) is 8.91. The van der Waals surface area contributed by atoms with E-state index in [1.165, 1.54) is 52.6 Å². The number of esters is 2. The number of hydrogen-bond acceptors (Lipinski definition) is 9. The first-order valence-corrected chi connectivity index (χ1v) is 12.1. The predicted molar refractivity (Wildman–Crippen MR) is 136 cm³/mol. The van der Waals surface area contributed by atoms with Crippen LogP contribution in [0.4, 0.5) is 4.39 Å². The van der Waals surface area contributed by atoms with Gasteiger partial charge in [0.1, 0.15) is 12.1 Å². The molecule has 11 heteroatoms. The van der Waals surface area contributed by atoms with E-state index in [2.05, 4.69) is 10.3 Å². The number of benzene rings is 1. The van der Waals surface area contributed by atoms with E-state index in [0.29, 0.717) is 5.56 Å². The Labute approximate surface area is 221 Å². The molecule has 1 heterocycles. The summed E-state index contributed by atoms with van der Waals surface area (Å²) >= 11 is 0. The van der Waals surface area contributed by atoms with Crippen LogP contribution in [0, 0.1) is 11.7 Å². The molecule has 0 aliphatic heterocycles. The first kappa shape index (κ1) is 30.5. The molecule has 0 radical (unpaired) electrons. The number of nitrogens with zero attached hydrogens (tertiary/aromatic N) is 1. The van der Waals surface area contributed by atoms with E-state index in [1.807, 2.05) is 13.8 Å². The second-order valence-electron chi connectivity index (χ2n) is 8.91. The van der Waals surface area contributed by atoms with E-state index >= 15 is 0 Å². The maximum absolute atomic E-state index is 14.3. The van der Waals surface area contributed by atoms with Crippen molar-refractivity contribution in [3.05, 3.63) is 47.5 Å². The molecule has 0 aliphatic rings. The van der Waals surface area contributed by atoms with Crippen molar-refractivity contribution in [2.45, 2.75) is 52.2 Å². The van der Waals surface area contributed by atoms with Gasteiger partial charge in [-0.05, 0) is 37.5 Å². The fraction of sp³-hybridized carbons (Fsp3) is 0.481. The number of rotatable bonds is 13. The summed E-state index contributed by atoms with van der Waals surface area (Å²) in [7, 11) is 4.18. The average molecular weight is 535 g/mol. The number of hydrogen-bond donors (Lipinski definition) is 1. The maximum atomic E-state index is 14.3. The molecule has 0 spiro atoms. The number of pyridine rings is 1. The fourth-order valence-electron chi connectivity index (χ4n) is 3.97. The zero-order valence-electron chi connectivity index (χ0n) is 22.7. The molecule has 1 N–H and O–H groups in total. The number of carbonyl (C=O) groups excluding carboxylic acids is 3. The van der Waals surface area contributed by atoms with Gasteiger partial charge in [0.25, 0.3) is 5.91 Å². The normalized spacial score (nSPS) is 13.3. The van der Waals surface area contributed by atoms with Crippen LogP contribution in [-0.2, 0) is 19.1 Å². The molecule has 10 nitrogen and oxygen atoms in total. The highest BCUT2D eigenvalue weighted by Crippen LogP contribution is 2.33. The van der Waals surface area contributed by atoms with Gasteiger partial charge in [0.15, 0.2) is 23.0 Å². The molecule has 0 fully saturated rings. The quantitative estimate of drug-likeness (QED) is 0.384. The lowest BCUT2D eigenvalue weighted by molar-refractivity contribution is -0.151. The molecule has 208 valence electrons. The van der Waals surface area contributed by atoms with E-state index in [9.17, 15) is 18.8 Å². The monoisotopic (exact) mass is 534 g/mol.